The molecule has 6 heavy (non-hydrogen) atoms. The molecule has 0 aromatic rings. The van der Waals surface area contributed by atoms with Crippen LogP contribution in [0.4, 0.5) is 0 Å². The van der Waals surface area contributed by atoms with Gasteiger partial charge in [0.25, 0.3) is 0 Å². The van der Waals surface area contributed by atoms with E-state index in [0.717, 1.165) is 12.8 Å². The monoisotopic (exact) mass is 88.1 g/mol. The van der Waals surface area contributed by atoms with Crippen LogP contribution in [0.1, 0.15) is 12.8 Å². The normalized spacial score (nSPS) is 45.0. The highest BCUT2D eigenvalue weighted by molar-refractivity contribution is 4.77. The van der Waals surface area contributed by atoms with Crippen molar-refractivity contribution in [1.29, 1.82) is 0 Å². The fourth-order valence-electron chi connectivity index (χ4n) is 0.465. The molecule has 36 valence electrons. The van der Waals surface area contributed by atoms with Crippen LogP contribution in [0.15, 0.2) is 0 Å². The molecule has 2 heteroatoms. The van der Waals surface area contributed by atoms with E-state index < -0.39 is 12.2 Å². The van der Waals surface area contributed by atoms with Crippen LogP contribution >= 0.6 is 0 Å². The van der Waals surface area contributed by atoms with Crippen molar-refractivity contribution in [3.63, 3.8) is 0 Å². The average Bonchev–Trinajstić information content (AvgIpc) is 1.61. The minimum Gasteiger partial charge on any atom is -0.390 e. The van der Waals surface area contributed by atoms with E-state index in [1.807, 2.05) is 0 Å². The van der Waals surface area contributed by atoms with Crippen molar-refractivity contribution in [1.82, 2.24) is 0 Å². The Labute approximate surface area is 36.4 Å². The van der Waals surface area contributed by atoms with Crippen LogP contribution in [0, 0.1) is 0 Å². The summed E-state index contributed by atoms with van der Waals surface area (Å²) in [5, 5.41) is 16.9. The molecule has 2 atom stereocenters. The van der Waals surface area contributed by atoms with Gasteiger partial charge in [0.2, 0.25) is 0 Å². The second kappa shape index (κ2) is 1.21. The summed E-state index contributed by atoms with van der Waals surface area (Å²) < 4.78 is 0. The smallest absolute Gasteiger partial charge is 0.0800 e. The number of aliphatic hydroxyl groups excluding tert-OH is 2. The lowest BCUT2D eigenvalue weighted by atomic mass is 9.93. The first kappa shape index (κ1) is 4.09. The molecule has 0 bridgehead atoms. The molecule has 0 amide bonds. The number of hydrogen-bond acceptors (Lipinski definition) is 2. The molecule has 1 saturated carbocycles. The highest BCUT2D eigenvalue weighted by Gasteiger charge is 2.25. The van der Waals surface area contributed by atoms with E-state index in [1.165, 1.54) is 0 Å². The summed E-state index contributed by atoms with van der Waals surface area (Å²) in [7, 11) is 0. The lowest BCUT2D eigenvalue weighted by Crippen LogP contribution is -2.35. The Hall–Kier alpha value is -0.0800. The van der Waals surface area contributed by atoms with Gasteiger partial charge in [0, 0.05) is 0 Å². The molecule has 0 aliphatic heterocycles. The average molecular weight is 88.1 g/mol. The van der Waals surface area contributed by atoms with Crippen molar-refractivity contribution in [2.24, 2.45) is 0 Å². The van der Waals surface area contributed by atoms with Crippen LogP contribution in [0.5, 0.6) is 0 Å². The molecule has 1 aliphatic carbocycles. The summed E-state index contributed by atoms with van der Waals surface area (Å²) >= 11 is 0. The Balaban J connectivity index is 2.20. The highest BCUT2D eigenvalue weighted by atomic mass is 16.3. The van der Waals surface area contributed by atoms with Crippen molar-refractivity contribution in [3.05, 3.63) is 0 Å². The number of aliphatic hydroxyl groups is 2. The van der Waals surface area contributed by atoms with Gasteiger partial charge >= 0.3 is 0 Å². The summed E-state index contributed by atoms with van der Waals surface area (Å²) in [6.45, 7) is 0. The van der Waals surface area contributed by atoms with Gasteiger partial charge in [-0.3, -0.25) is 0 Å². The van der Waals surface area contributed by atoms with Gasteiger partial charge in [0.05, 0.1) is 12.2 Å². The standard InChI is InChI=1S/C4H8O2/c5-3-1-2-4(3)6/h3-6H,1-2H2/t3-,4?/m0/s1. The van der Waals surface area contributed by atoms with Gasteiger partial charge in [-0.2, -0.15) is 0 Å². The maximum atomic E-state index is 8.47. The van der Waals surface area contributed by atoms with Crippen LogP contribution < -0.4 is 0 Å². The van der Waals surface area contributed by atoms with Crippen molar-refractivity contribution in [2.75, 3.05) is 0 Å². The fourth-order valence-corrected chi connectivity index (χ4v) is 0.465. The Morgan fingerprint density at radius 2 is 1.33 bits per heavy atom. The van der Waals surface area contributed by atoms with Gasteiger partial charge in [-0.1, -0.05) is 0 Å². The van der Waals surface area contributed by atoms with Crippen LogP contribution in [-0.2, 0) is 0 Å². The van der Waals surface area contributed by atoms with E-state index in [-0.39, 0.29) is 0 Å². The first-order valence-corrected chi connectivity index (χ1v) is 2.17. The molecule has 0 radical (unpaired) electrons. The summed E-state index contributed by atoms with van der Waals surface area (Å²) in [5.74, 6) is 0. The molecule has 2 nitrogen and oxygen atoms in total. The lowest BCUT2D eigenvalue weighted by molar-refractivity contribution is -0.0519. The first-order valence-electron chi connectivity index (χ1n) is 2.17. The summed E-state index contributed by atoms with van der Waals surface area (Å²) in [6.07, 6.45) is 0.734. The van der Waals surface area contributed by atoms with E-state index in [0.29, 0.717) is 0 Å². The van der Waals surface area contributed by atoms with Crippen molar-refractivity contribution in [2.45, 2.75) is 25.0 Å². The predicted molar refractivity (Wildman–Crippen MR) is 21.2 cm³/mol. The number of hydrogen-bond donors (Lipinski definition) is 2. The fraction of sp³-hybridized carbons (Fsp3) is 1.00. The molecule has 0 heterocycles. The van der Waals surface area contributed by atoms with E-state index in [2.05, 4.69) is 0 Å². The quantitative estimate of drug-likeness (QED) is 0.419. The predicted octanol–water partition coefficient (Wildman–Crippen LogP) is -0.498. The van der Waals surface area contributed by atoms with Gasteiger partial charge in [0.1, 0.15) is 0 Å². The minimum absolute atomic E-state index is 0.412. The summed E-state index contributed by atoms with van der Waals surface area (Å²) in [6, 6.07) is 0. The third-order valence-corrected chi connectivity index (χ3v) is 1.20. The van der Waals surface area contributed by atoms with Gasteiger partial charge < -0.3 is 10.2 Å². The molecule has 1 fully saturated rings. The van der Waals surface area contributed by atoms with Gasteiger partial charge in [-0.15, -0.1) is 0 Å². The Kier molecular flexibility index (Phi) is 0.821. The van der Waals surface area contributed by atoms with Gasteiger partial charge in [0.15, 0.2) is 0 Å². The molecule has 0 spiro atoms. The van der Waals surface area contributed by atoms with Crippen LogP contribution in [0.3, 0.4) is 0 Å². The third-order valence-electron chi connectivity index (χ3n) is 1.20. The second-order valence-electron chi connectivity index (χ2n) is 1.71. The topological polar surface area (TPSA) is 40.5 Å². The summed E-state index contributed by atoms with van der Waals surface area (Å²) in [5.41, 5.74) is 0. The number of rotatable bonds is 0. The molecule has 1 unspecified atom stereocenters. The van der Waals surface area contributed by atoms with E-state index in [4.69, 9.17) is 10.2 Å². The van der Waals surface area contributed by atoms with E-state index in [9.17, 15) is 0 Å². The molecule has 2 N–H and O–H groups in total. The van der Waals surface area contributed by atoms with Gasteiger partial charge in [-0.25, -0.2) is 0 Å². The molecule has 0 aromatic heterocycles. The largest absolute Gasteiger partial charge is 0.390 e. The Bertz CT molecular complexity index is 45.5. The minimum atomic E-state index is -0.412. The Morgan fingerprint density at radius 3 is 1.33 bits per heavy atom. The molecule has 0 aromatic carbocycles. The maximum absolute atomic E-state index is 8.47. The van der Waals surface area contributed by atoms with Crippen molar-refractivity contribution >= 4 is 0 Å². The lowest BCUT2D eigenvalue weighted by Gasteiger charge is -2.26. The van der Waals surface area contributed by atoms with Gasteiger partial charge in [-0.05, 0) is 12.8 Å². The molecular formula is C4H8O2. The van der Waals surface area contributed by atoms with Crippen molar-refractivity contribution < 1.29 is 10.2 Å². The molecule has 1 aliphatic rings. The molecular weight excluding hydrogens is 80.0 g/mol. The zero-order chi connectivity index (χ0) is 4.57. The zero-order valence-corrected chi connectivity index (χ0v) is 3.46. The van der Waals surface area contributed by atoms with E-state index in [1.54, 1.807) is 0 Å². The van der Waals surface area contributed by atoms with Crippen LogP contribution in [-0.4, -0.2) is 22.4 Å². The van der Waals surface area contributed by atoms with E-state index >= 15 is 0 Å². The van der Waals surface area contributed by atoms with Crippen LogP contribution in [0.2, 0.25) is 0 Å². The second-order valence-corrected chi connectivity index (χ2v) is 1.71. The zero-order valence-electron chi connectivity index (χ0n) is 3.46. The SMILES string of the molecule is OC1CC[C@@H]1O. The Morgan fingerprint density at radius 1 is 1.00 bits per heavy atom. The van der Waals surface area contributed by atoms with Crippen molar-refractivity contribution in [3.8, 4) is 0 Å². The molecule has 0 saturated heterocycles. The highest BCUT2D eigenvalue weighted by Crippen LogP contribution is 2.18. The maximum Gasteiger partial charge on any atom is 0.0800 e. The molecule has 1 rings (SSSR count). The third kappa shape index (κ3) is 0.420. The summed E-state index contributed by atoms with van der Waals surface area (Å²) in [4.78, 5) is 0. The first-order chi connectivity index (χ1) is 2.80. The van der Waals surface area contributed by atoms with Crippen LogP contribution in [0.25, 0.3) is 0 Å².